The second-order valence-electron chi connectivity index (χ2n) is 3.78. The first kappa shape index (κ1) is 10.1. The van der Waals surface area contributed by atoms with Crippen LogP contribution in [0.5, 0.6) is 0 Å². The van der Waals surface area contributed by atoms with Crippen LogP contribution in [-0.4, -0.2) is 23.8 Å². The topological polar surface area (TPSA) is 38.1 Å². The van der Waals surface area contributed by atoms with E-state index in [1.54, 1.807) is 18.0 Å². The monoisotopic (exact) mass is 212 g/mol. The molecule has 0 aromatic carbocycles. The molecule has 1 N–H and O–H groups in total. The zero-order chi connectivity index (χ0) is 9.80. The van der Waals surface area contributed by atoms with E-state index in [-0.39, 0.29) is 0 Å². The van der Waals surface area contributed by atoms with Crippen molar-refractivity contribution in [1.29, 1.82) is 0 Å². The number of aryl methyl sites for hydroxylation is 1. The second kappa shape index (κ2) is 4.84. The number of hydrogen-bond acceptors (Lipinski definition) is 4. The third kappa shape index (κ3) is 2.75. The quantitative estimate of drug-likeness (QED) is 0.778. The molecule has 0 bridgehead atoms. The number of aromatic nitrogens is 1. The Labute approximate surface area is 88.7 Å². The fraction of sp³-hybridized carbons (Fsp3) is 0.700. The van der Waals surface area contributed by atoms with Crippen LogP contribution in [0.4, 0.5) is 0 Å². The smallest absolute Gasteiger partial charge is 0.255 e. The molecule has 1 atom stereocenters. The van der Waals surface area contributed by atoms with E-state index in [0.717, 1.165) is 29.1 Å². The minimum Gasteiger partial charge on any atom is -0.440 e. The average molecular weight is 212 g/mol. The van der Waals surface area contributed by atoms with E-state index in [1.165, 1.54) is 19.4 Å². The fourth-order valence-corrected chi connectivity index (χ4v) is 2.64. The Morgan fingerprint density at radius 2 is 2.64 bits per heavy atom. The van der Waals surface area contributed by atoms with Crippen molar-refractivity contribution < 1.29 is 4.42 Å². The zero-order valence-electron chi connectivity index (χ0n) is 8.45. The molecule has 2 heterocycles. The molecule has 1 aromatic rings. The molecule has 0 radical (unpaired) electrons. The highest BCUT2D eigenvalue weighted by molar-refractivity contribution is 7.99. The van der Waals surface area contributed by atoms with Crippen molar-refractivity contribution in [2.45, 2.75) is 25.0 Å². The molecule has 4 heteroatoms. The first-order valence-electron chi connectivity index (χ1n) is 5.10. The summed E-state index contributed by atoms with van der Waals surface area (Å²) in [6, 6.07) is 0. The van der Waals surface area contributed by atoms with Crippen molar-refractivity contribution in [2.75, 3.05) is 18.8 Å². The Bertz CT molecular complexity index is 281. The summed E-state index contributed by atoms with van der Waals surface area (Å²) in [5.74, 6) is 1.90. The van der Waals surface area contributed by atoms with Gasteiger partial charge < -0.3 is 9.73 Å². The SMILES string of the molecule is Cc1coc(SCC2CCCNC2)n1. The van der Waals surface area contributed by atoms with Gasteiger partial charge in [0.25, 0.3) is 5.22 Å². The molecule has 2 rings (SSSR count). The van der Waals surface area contributed by atoms with Gasteiger partial charge in [0.05, 0.1) is 5.69 Å². The molecule has 0 saturated carbocycles. The molecule has 3 nitrogen and oxygen atoms in total. The largest absolute Gasteiger partial charge is 0.440 e. The highest BCUT2D eigenvalue weighted by Crippen LogP contribution is 2.22. The van der Waals surface area contributed by atoms with Crippen LogP contribution in [0.1, 0.15) is 18.5 Å². The Kier molecular flexibility index (Phi) is 3.48. The molecular weight excluding hydrogens is 196 g/mol. The average Bonchev–Trinajstić information content (AvgIpc) is 2.63. The first-order valence-corrected chi connectivity index (χ1v) is 6.09. The van der Waals surface area contributed by atoms with E-state index in [0.29, 0.717) is 0 Å². The lowest BCUT2D eigenvalue weighted by molar-refractivity contribution is 0.407. The van der Waals surface area contributed by atoms with Crippen LogP contribution in [-0.2, 0) is 0 Å². The van der Waals surface area contributed by atoms with Crippen molar-refractivity contribution in [3.63, 3.8) is 0 Å². The summed E-state index contributed by atoms with van der Waals surface area (Å²) >= 11 is 1.73. The number of nitrogens with one attached hydrogen (secondary N) is 1. The predicted molar refractivity (Wildman–Crippen MR) is 57.6 cm³/mol. The number of nitrogens with zero attached hydrogens (tertiary/aromatic N) is 1. The normalized spacial score (nSPS) is 22.5. The third-order valence-corrected chi connectivity index (χ3v) is 3.51. The molecule has 1 unspecified atom stereocenters. The molecular formula is C10H16N2OS. The lowest BCUT2D eigenvalue weighted by Crippen LogP contribution is -2.30. The molecule has 1 saturated heterocycles. The van der Waals surface area contributed by atoms with Gasteiger partial charge in [-0.05, 0) is 38.8 Å². The van der Waals surface area contributed by atoms with Crippen molar-refractivity contribution in [3.8, 4) is 0 Å². The summed E-state index contributed by atoms with van der Waals surface area (Å²) in [6.07, 6.45) is 4.34. The number of oxazole rings is 1. The number of thioether (sulfide) groups is 1. The summed E-state index contributed by atoms with van der Waals surface area (Å²) in [5, 5.41) is 4.22. The van der Waals surface area contributed by atoms with Gasteiger partial charge in [0.2, 0.25) is 0 Å². The molecule has 14 heavy (non-hydrogen) atoms. The Hall–Kier alpha value is -0.480. The van der Waals surface area contributed by atoms with Crippen LogP contribution in [0, 0.1) is 12.8 Å². The van der Waals surface area contributed by atoms with Gasteiger partial charge in [-0.1, -0.05) is 11.8 Å². The molecule has 0 spiro atoms. The van der Waals surface area contributed by atoms with Crippen LogP contribution >= 0.6 is 11.8 Å². The minimum atomic E-state index is 0.779. The second-order valence-corrected chi connectivity index (χ2v) is 4.75. The summed E-state index contributed by atoms with van der Waals surface area (Å²) in [5.41, 5.74) is 0.967. The van der Waals surface area contributed by atoms with Crippen molar-refractivity contribution in [2.24, 2.45) is 5.92 Å². The molecule has 0 amide bonds. The summed E-state index contributed by atoms with van der Waals surface area (Å²) in [6.45, 7) is 4.28. The van der Waals surface area contributed by atoms with E-state index in [2.05, 4.69) is 10.3 Å². The summed E-state index contributed by atoms with van der Waals surface area (Å²) in [4.78, 5) is 4.27. The van der Waals surface area contributed by atoms with Gasteiger partial charge in [0.15, 0.2) is 0 Å². The number of hydrogen-bond donors (Lipinski definition) is 1. The van der Waals surface area contributed by atoms with Crippen LogP contribution in [0.25, 0.3) is 0 Å². The Morgan fingerprint density at radius 3 is 3.29 bits per heavy atom. The number of rotatable bonds is 3. The van der Waals surface area contributed by atoms with Gasteiger partial charge in [-0.3, -0.25) is 0 Å². The maximum Gasteiger partial charge on any atom is 0.255 e. The van der Waals surface area contributed by atoms with Crippen molar-refractivity contribution in [1.82, 2.24) is 10.3 Å². The van der Waals surface area contributed by atoms with Crippen molar-refractivity contribution >= 4 is 11.8 Å². The Morgan fingerprint density at radius 1 is 1.71 bits per heavy atom. The standard InChI is InChI=1S/C10H16N2OS/c1-8-6-13-10(12-8)14-7-9-3-2-4-11-5-9/h6,9,11H,2-5,7H2,1H3. The van der Waals surface area contributed by atoms with Crippen LogP contribution in [0.15, 0.2) is 15.9 Å². The molecule has 1 aliphatic heterocycles. The maximum atomic E-state index is 5.29. The van der Waals surface area contributed by atoms with Gasteiger partial charge in [-0.15, -0.1) is 0 Å². The van der Waals surface area contributed by atoms with E-state index < -0.39 is 0 Å². The van der Waals surface area contributed by atoms with E-state index >= 15 is 0 Å². The lowest BCUT2D eigenvalue weighted by atomic mass is 10.0. The van der Waals surface area contributed by atoms with Gasteiger partial charge in [-0.2, -0.15) is 0 Å². The molecule has 1 aromatic heterocycles. The Balaban J connectivity index is 1.76. The molecule has 78 valence electrons. The highest BCUT2D eigenvalue weighted by Gasteiger charge is 2.14. The first-order chi connectivity index (χ1) is 6.84. The van der Waals surface area contributed by atoms with Crippen LogP contribution < -0.4 is 5.32 Å². The summed E-state index contributed by atoms with van der Waals surface area (Å²) in [7, 11) is 0. The third-order valence-electron chi connectivity index (χ3n) is 2.44. The number of piperidine rings is 1. The predicted octanol–water partition coefficient (Wildman–Crippen LogP) is 2.07. The van der Waals surface area contributed by atoms with Gasteiger partial charge in [-0.25, -0.2) is 4.98 Å². The van der Waals surface area contributed by atoms with E-state index in [4.69, 9.17) is 4.42 Å². The van der Waals surface area contributed by atoms with Gasteiger partial charge in [0, 0.05) is 5.75 Å². The van der Waals surface area contributed by atoms with E-state index in [9.17, 15) is 0 Å². The minimum absolute atomic E-state index is 0.779. The van der Waals surface area contributed by atoms with Gasteiger partial charge in [0.1, 0.15) is 6.26 Å². The molecule has 0 aliphatic carbocycles. The fourth-order valence-electron chi connectivity index (χ4n) is 1.65. The van der Waals surface area contributed by atoms with E-state index in [1.807, 2.05) is 6.92 Å². The lowest BCUT2D eigenvalue weighted by Gasteiger charge is -2.21. The summed E-state index contributed by atoms with van der Waals surface area (Å²) < 4.78 is 5.29. The van der Waals surface area contributed by atoms with Crippen LogP contribution in [0.3, 0.4) is 0 Å². The molecule has 1 aliphatic rings. The maximum absolute atomic E-state index is 5.29. The van der Waals surface area contributed by atoms with Crippen LogP contribution in [0.2, 0.25) is 0 Å². The van der Waals surface area contributed by atoms with Crippen molar-refractivity contribution in [3.05, 3.63) is 12.0 Å². The highest BCUT2D eigenvalue weighted by atomic mass is 32.2. The molecule has 1 fully saturated rings. The zero-order valence-corrected chi connectivity index (χ0v) is 9.27. The van der Waals surface area contributed by atoms with Gasteiger partial charge >= 0.3 is 0 Å².